The molecule has 0 atom stereocenters. The molecule has 0 fully saturated rings. The van der Waals surface area contributed by atoms with Gasteiger partial charge in [0.05, 0.1) is 5.56 Å². The summed E-state index contributed by atoms with van der Waals surface area (Å²) >= 11 is 1.13. The third-order valence-corrected chi connectivity index (χ3v) is 3.04. The van der Waals surface area contributed by atoms with E-state index in [4.69, 9.17) is 16.3 Å². The quantitative estimate of drug-likeness (QED) is 0.806. The van der Waals surface area contributed by atoms with Crippen LogP contribution in [0.2, 0.25) is 0 Å². The van der Waals surface area contributed by atoms with Gasteiger partial charge in [0.15, 0.2) is 0 Å². The van der Waals surface area contributed by atoms with E-state index in [-0.39, 0.29) is 0 Å². The van der Waals surface area contributed by atoms with Crippen molar-refractivity contribution in [3.05, 3.63) is 35.0 Å². The normalized spacial score (nSPS) is 9.38. The molecule has 0 bridgehead atoms. The smallest absolute Gasteiger partial charge is 0.116 e. The van der Waals surface area contributed by atoms with Crippen LogP contribution in [-0.4, -0.2) is 4.98 Å². The highest BCUT2D eigenvalue weighted by Crippen LogP contribution is 2.37. The summed E-state index contributed by atoms with van der Waals surface area (Å²) in [5.41, 5.74) is 7.46. The molecule has 0 spiro atoms. The van der Waals surface area contributed by atoms with Crippen LogP contribution in [0.5, 0.6) is 0 Å². The highest BCUT2D eigenvalue weighted by Gasteiger charge is 2.17. The van der Waals surface area contributed by atoms with Crippen molar-refractivity contribution in [2.75, 3.05) is 5.73 Å². The van der Waals surface area contributed by atoms with Gasteiger partial charge in [-0.15, -0.1) is 11.3 Å². The molecule has 0 radical (unpaired) electrons. The number of nitriles is 2. The van der Waals surface area contributed by atoms with Gasteiger partial charge in [-0.05, 0) is 17.7 Å². The third-order valence-electron chi connectivity index (χ3n) is 2.12. The monoisotopic (exact) mass is 226 g/mol. The van der Waals surface area contributed by atoms with Crippen LogP contribution in [0.25, 0.3) is 11.1 Å². The molecular weight excluding hydrogens is 220 g/mol. The van der Waals surface area contributed by atoms with Gasteiger partial charge in [0.1, 0.15) is 22.0 Å². The first-order valence-corrected chi connectivity index (χ1v) is 5.22. The van der Waals surface area contributed by atoms with E-state index in [1.54, 1.807) is 24.5 Å². The largest absolute Gasteiger partial charge is 0.389 e. The summed E-state index contributed by atoms with van der Waals surface area (Å²) < 4.78 is 0. The van der Waals surface area contributed by atoms with Gasteiger partial charge in [0.25, 0.3) is 0 Å². The predicted octanol–water partition coefficient (Wildman–Crippen LogP) is 2.14. The molecule has 2 aromatic rings. The summed E-state index contributed by atoms with van der Waals surface area (Å²) in [6, 6.07) is 7.59. The lowest BCUT2D eigenvalue weighted by Gasteiger charge is -1.98. The highest BCUT2D eigenvalue weighted by atomic mass is 32.1. The number of hydrogen-bond acceptors (Lipinski definition) is 5. The van der Waals surface area contributed by atoms with Gasteiger partial charge in [-0.1, -0.05) is 0 Å². The summed E-state index contributed by atoms with van der Waals surface area (Å²) in [5, 5.41) is 18.4. The first-order valence-electron chi connectivity index (χ1n) is 4.40. The van der Waals surface area contributed by atoms with Crippen LogP contribution in [0.1, 0.15) is 10.4 Å². The summed E-state index contributed by atoms with van der Waals surface area (Å²) in [7, 11) is 0. The SMILES string of the molecule is N#Cc1sc(N)c(C#N)c1-c1ccncc1. The fourth-order valence-corrected chi connectivity index (χ4v) is 2.27. The maximum Gasteiger partial charge on any atom is 0.116 e. The molecule has 0 aromatic carbocycles. The first-order chi connectivity index (χ1) is 7.77. The summed E-state index contributed by atoms with van der Waals surface area (Å²) in [6.45, 7) is 0. The van der Waals surface area contributed by atoms with Crippen LogP contribution in [0.15, 0.2) is 24.5 Å². The fraction of sp³-hybridized carbons (Fsp3) is 0. The Morgan fingerprint density at radius 3 is 2.44 bits per heavy atom. The number of nitrogens with zero attached hydrogens (tertiary/aromatic N) is 3. The number of nitrogen functional groups attached to an aromatic ring is 1. The molecule has 0 amide bonds. The van der Waals surface area contributed by atoms with Crippen molar-refractivity contribution in [2.24, 2.45) is 0 Å². The molecular formula is C11H6N4S. The minimum Gasteiger partial charge on any atom is -0.389 e. The molecule has 0 saturated carbocycles. The lowest BCUT2D eigenvalue weighted by atomic mass is 10.0. The van der Waals surface area contributed by atoms with Crippen molar-refractivity contribution < 1.29 is 0 Å². The second-order valence-electron chi connectivity index (χ2n) is 3.00. The molecule has 0 saturated heterocycles. The minimum atomic E-state index is 0.368. The summed E-state index contributed by atoms with van der Waals surface area (Å²) in [5.74, 6) is 0. The van der Waals surface area contributed by atoms with Crippen LogP contribution in [0.3, 0.4) is 0 Å². The Hall–Kier alpha value is -2.37. The molecule has 0 unspecified atom stereocenters. The van der Waals surface area contributed by atoms with E-state index in [0.717, 1.165) is 16.9 Å². The second kappa shape index (κ2) is 4.01. The van der Waals surface area contributed by atoms with Gasteiger partial charge in [0, 0.05) is 18.0 Å². The van der Waals surface area contributed by atoms with Crippen molar-refractivity contribution in [1.82, 2.24) is 4.98 Å². The number of hydrogen-bond donors (Lipinski definition) is 1. The summed E-state index contributed by atoms with van der Waals surface area (Å²) in [6.07, 6.45) is 3.23. The van der Waals surface area contributed by atoms with Crippen LogP contribution in [-0.2, 0) is 0 Å². The Balaban J connectivity index is 2.75. The Labute approximate surface area is 96.2 Å². The standard InChI is InChI=1S/C11H6N4S/c12-5-8-10(7-1-3-15-4-2-7)9(6-13)16-11(8)14/h1-4H,14H2. The van der Waals surface area contributed by atoms with E-state index in [1.807, 2.05) is 6.07 Å². The molecule has 0 aliphatic rings. The van der Waals surface area contributed by atoms with Gasteiger partial charge in [-0.25, -0.2) is 0 Å². The average Bonchev–Trinajstić information content (AvgIpc) is 2.66. The highest BCUT2D eigenvalue weighted by molar-refractivity contribution is 7.17. The molecule has 4 nitrogen and oxygen atoms in total. The lowest BCUT2D eigenvalue weighted by Crippen LogP contribution is -1.86. The van der Waals surface area contributed by atoms with Gasteiger partial charge < -0.3 is 5.73 Å². The topological polar surface area (TPSA) is 86.5 Å². The van der Waals surface area contributed by atoms with Crippen LogP contribution >= 0.6 is 11.3 Å². The number of pyridine rings is 1. The second-order valence-corrected chi connectivity index (χ2v) is 4.06. The van der Waals surface area contributed by atoms with E-state index in [9.17, 15) is 0 Å². The molecule has 16 heavy (non-hydrogen) atoms. The van der Waals surface area contributed by atoms with Crippen molar-refractivity contribution in [1.29, 1.82) is 10.5 Å². The van der Waals surface area contributed by atoms with Crippen LogP contribution < -0.4 is 5.73 Å². The lowest BCUT2D eigenvalue weighted by molar-refractivity contribution is 1.33. The van der Waals surface area contributed by atoms with Crippen molar-refractivity contribution in [3.8, 4) is 23.3 Å². The molecule has 2 rings (SSSR count). The fourth-order valence-electron chi connectivity index (χ4n) is 1.43. The number of nitrogens with two attached hydrogens (primary N) is 1. The maximum atomic E-state index is 9.02. The number of thiophene rings is 1. The molecule has 2 heterocycles. The molecule has 76 valence electrons. The Morgan fingerprint density at radius 2 is 1.88 bits per heavy atom. The molecule has 2 N–H and O–H groups in total. The van der Waals surface area contributed by atoms with E-state index in [0.29, 0.717) is 21.0 Å². The zero-order valence-corrected chi connectivity index (χ0v) is 8.95. The average molecular weight is 226 g/mol. The molecule has 0 aliphatic carbocycles. The van der Waals surface area contributed by atoms with E-state index >= 15 is 0 Å². The summed E-state index contributed by atoms with van der Waals surface area (Å²) in [4.78, 5) is 4.35. The zero-order valence-electron chi connectivity index (χ0n) is 8.14. The van der Waals surface area contributed by atoms with E-state index in [2.05, 4.69) is 11.1 Å². The Morgan fingerprint density at radius 1 is 1.19 bits per heavy atom. The Kier molecular flexibility index (Phi) is 2.55. The molecule has 0 aliphatic heterocycles. The van der Waals surface area contributed by atoms with E-state index in [1.165, 1.54) is 0 Å². The predicted molar refractivity (Wildman–Crippen MR) is 61.4 cm³/mol. The van der Waals surface area contributed by atoms with Gasteiger partial charge in [-0.3, -0.25) is 4.98 Å². The number of anilines is 1. The van der Waals surface area contributed by atoms with Gasteiger partial charge in [-0.2, -0.15) is 10.5 Å². The third kappa shape index (κ3) is 1.50. The Bertz CT molecular complexity index is 601. The number of aromatic nitrogens is 1. The van der Waals surface area contributed by atoms with Crippen molar-refractivity contribution in [3.63, 3.8) is 0 Å². The van der Waals surface area contributed by atoms with Crippen molar-refractivity contribution in [2.45, 2.75) is 0 Å². The van der Waals surface area contributed by atoms with Gasteiger partial charge in [0.2, 0.25) is 0 Å². The van der Waals surface area contributed by atoms with Crippen LogP contribution in [0.4, 0.5) is 5.00 Å². The molecule has 2 aromatic heterocycles. The zero-order chi connectivity index (χ0) is 11.5. The minimum absolute atomic E-state index is 0.368. The van der Waals surface area contributed by atoms with Gasteiger partial charge >= 0.3 is 0 Å². The van der Waals surface area contributed by atoms with Crippen molar-refractivity contribution >= 4 is 16.3 Å². The van der Waals surface area contributed by atoms with Crippen LogP contribution in [0, 0.1) is 22.7 Å². The molecule has 5 heteroatoms. The van der Waals surface area contributed by atoms with E-state index < -0.39 is 0 Å². The maximum absolute atomic E-state index is 9.02. The number of rotatable bonds is 1. The first kappa shape index (κ1) is 10.2.